The molecule has 20 N–H and O–H groups in total. The second-order valence-electron chi connectivity index (χ2n) is 12.7. The summed E-state index contributed by atoms with van der Waals surface area (Å²) in [6.45, 7) is -1.98. The number of fused-ring (bicyclic) bond motifs is 2. The number of aliphatic hydroxyl groups is 4. The number of rotatable bonds is 17. The largest absolute Gasteiger partial charge is 0.490 e. The summed E-state index contributed by atoms with van der Waals surface area (Å²) in [6, 6.07) is 0. The summed E-state index contributed by atoms with van der Waals surface area (Å²) in [5.41, 5.74) is 13.6. The van der Waals surface area contributed by atoms with Crippen LogP contribution in [0.4, 0.5) is 11.9 Å². The monoisotopic (exact) mass is 1090 g/mol. The van der Waals surface area contributed by atoms with Gasteiger partial charge in [-0.2, -0.15) is 27.2 Å². The molecule has 13 atom stereocenters. The topological polar surface area (TPSA) is 616 Å². The molecule has 13 unspecified atom stereocenters. The number of H-pyrrole nitrogens is 2. The Morgan fingerprint density at radius 2 is 0.985 bits per heavy atom. The lowest BCUT2D eigenvalue weighted by Crippen LogP contribution is -2.33. The summed E-state index contributed by atoms with van der Waals surface area (Å²) in [6.07, 6.45) is -10.5. The zero-order valence-corrected chi connectivity index (χ0v) is 38.6. The molecule has 0 saturated carbocycles. The van der Waals surface area contributed by atoms with Crippen molar-refractivity contribution in [1.29, 1.82) is 0 Å². The van der Waals surface area contributed by atoms with Crippen LogP contribution in [0.1, 0.15) is 12.5 Å². The van der Waals surface area contributed by atoms with Gasteiger partial charge in [0.2, 0.25) is 11.9 Å². The Balaban J connectivity index is 0.000000282. The maximum atomic E-state index is 11.9. The van der Waals surface area contributed by atoms with Crippen LogP contribution in [-0.2, 0) is 63.2 Å². The predicted octanol–water partition coefficient (Wildman–Crippen LogP) is -4.87. The summed E-state index contributed by atoms with van der Waals surface area (Å²) < 4.78 is 105. The van der Waals surface area contributed by atoms with Crippen molar-refractivity contribution in [2.75, 3.05) is 38.8 Å². The van der Waals surface area contributed by atoms with E-state index in [1.165, 1.54) is 7.05 Å². The number of nitrogens with one attached hydrogen (secondary N) is 3. The van der Waals surface area contributed by atoms with Gasteiger partial charge in [0.05, 0.1) is 25.9 Å². The lowest BCUT2D eigenvalue weighted by Gasteiger charge is -2.20. The first-order valence-corrected chi connectivity index (χ1v) is 26.4. The molecule has 0 spiro atoms. The summed E-state index contributed by atoms with van der Waals surface area (Å²) in [7, 11) is -30.2. The number of ether oxygens (including phenoxy) is 2. The van der Waals surface area contributed by atoms with Gasteiger partial charge in [0.25, 0.3) is 11.1 Å². The Kier molecular flexibility index (Phi) is 18.1. The van der Waals surface area contributed by atoms with E-state index in [-0.39, 0.29) is 34.2 Å². The van der Waals surface area contributed by atoms with Gasteiger partial charge in [-0.3, -0.25) is 37.7 Å². The van der Waals surface area contributed by atoms with Gasteiger partial charge in [-0.25, -0.2) is 42.4 Å². The Morgan fingerprint density at radius 3 is 1.33 bits per heavy atom. The highest BCUT2D eigenvalue weighted by Gasteiger charge is 2.49. The molecule has 6 heterocycles. The van der Waals surface area contributed by atoms with Crippen molar-refractivity contribution < 1.29 is 118 Å². The van der Waals surface area contributed by atoms with E-state index < -0.39 is 120 Å². The molecule has 0 radical (unpaired) electrons. The average Bonchev–Trinajstić information content (AvgIpc) is 3.93. The van der Waals surface area contributed by atoms with Crippen molar-refractivity contribution in [3.05, 3.63) is 33.4 Å². The van der Waals surface area contributed by atoms with E-state index in [1.54, 1.807) is 5.09 Å². The molecule has 4 aromatic heterocycles. The van der Waals surface area contributed by atoms with Gasteiger partial charge in [-0.1, -0.05) is 0 Å². The predicted molar refractivity (Wildman–Crippen MR) is 214 cm³/mol. The molecule has 67 heavy (non-hydrogen) atoms. The maximum absolute atomic E-state index is 11.9. The normalized spacial score (nSPS) is 27.7. The first-order chi connectivity index (χ1) is 30.7. The zero-order chi connectivity index (χ0) is 50.8. The molecular weight excluding hydrogens is 1050 g/mol. The third kappa shape index (κ3) is 14.7. The Hall–Kier alpha value is -3.16. The molecule has 4 aromatic rings. The summed E-state index contributed by atoms with van der Waals surface area (Å²) >= 11 is 0. The van der Waals surface area contributed by atoms with Crippen LogP contribution in [-0.4, -0.2) is 158 Å². The first kappa shape index (κ1) is 56.4. The van der Waals surface area contributed by atoms with E-state index in [4.69, 9.17) is 40.5 Å². The van der Waals surface area contributed by atoms with Crippen molar-refractivity contribution in [2.45, 2.75) is 49.1 Å². The van der Waals surface area contributed by atoms with Crippen LogP contribution in [0.15, 0.2) is 22.2 Å². The van der Waals surface area contributed by atoms with Crippen LogP contribution in [0.2, 0.25) is 0 Å². The minimum absolute atomic E-state index is 0.0958. The number of aliphatic hydroxyl groups excluding tert-OH is 4. The van der Waals surface area contributed by atoms with Crippen LogP contribution < -0.4 is 33.4 Å². The van der Waals surface area contributed by atoms with Gasteiger partial charge in [-0.15, -0.1) is 0 Å². The van der Waals surface area contributed by atoms with Crippen molar-refractivity contribution >= 4 is 81.1 Å². The van der Waals surface area contributed by atoms with Gasteiger partial charge in [0.1, 0.15) is 36.6 Å². The van der Waals surface area contributed by atoms with E-state index in [2.05, 4.69) is 61.9 Å². The number of hydrogen-bond acceptors (Lipinski definition) is 27. The molecule has 2 aliphatic heterocycles. The van der Waals surface area contributed by atoms with Crippen molar-refractivity contribution in [1.82, 2.24) is 44.1 Å². The van der Waals surface area contributed by atoms with E-state index in [0.29, 0.717) is 0 Å². The molecule has 45 heteroatoms. The summed E-state index contributed by atoms with van der Waals surface area (Å²) in [5, 5.41) is 42.6. The molecule has 2 saturated heterocycles. The zero-order valence-electron chi connectivity index (χ0n) is 33.2. The number of aromatic amines is 2. The molecule has 2 aliphatic rings. The molecular formula is C22H40N12O27P6. The fourth-order valence-electron chi connectivity index (χ4n) is 5.44. The number of nitrogens with two attached hydrogens (primary N) is 3. The standard InChI is InChI=1S/C11H19N6O13P3.C10H16N5O14P3.CH5N/c1-13-31(21,22)29-33(25,26)30-32(23,24)27-2-4-6(18)7(19)10(28-4)17-3-14-5-8(17)15-11(12)16-9(5)20;11-10-13-7-4(8(18)14-10)12-2-15(7)9-6(17)5(16)3(27-9)1-26-31(22,23)29-32(24,25)28-30(19,20)21;1-2/h3-4,6-7,10,18-19H,2H2,1H3,(H,23,24)(H,25,26)(H2,13,21,22)(H3,12,15,16,20);2-3,5-6,9,16-17H,1H2,(H,22,23)(H,24,25)(H2,19,20,21)(H3,11,13,14,18);2H2,1H3. The maximum Gasteiger partial charge on any atom is 0.490 e. The van der Waals surface area contributed by atoms with Gasteiger partial charge in [-0.05, 0) is 14.1 Å². The minimum atomic E-state index is -5.73. The van der Waals surface area contributed by atoms with Gasteiger partial charge in [0.15, 0.2) is 34.8 Å². The van der Waals surface area contributed by atoms with Crippen LogP contribution in [0.3, 0.4) is 0 Å². The quantitative estimate of drug-likeness (QED) is 0.0441. The Bertz CT molecular complexity index is 2820. The van der Waals surface area contributed by atoms with Gasteiger partial charge in [0, 0.05) is 0 Å². The highest BCUT2D eigenvalue weighted by atomic mass is 31.3. The van der Waals surface area contributed by atoms with E-state index >= 15 is 0 Å². The number of aromatic nitrogens is 8. The second-order valence-corrected chi connectivity index (χ2v) is 22.0. The molecule has 0 aromatic carbocycles. The number of phosphoric ester groups is 2. The van der Waals surface area contributed by atoms with Crippen molar-refractivity contribution in [3.63, 3.8) is 0 Å². The Labute approximate surface area is 369 Å². The molecule has 2 fully saturated rings. The lowest BCUT2D eigenvalue weighted by molar-refractivity contribution is -0.0503. The number of phosphoric acid groups is 5. The number of nitrogen functional groups attached to an aromatic ring is 2. The Morgan fingerprint density at radius 1 is 0.627 bits per heavy atom. The van der Waals surface area contributed by atoms with Gasteiger partial charge < -0.3 is 81.4 Å². The first-order valence-electron chi connectivity index (χ1n) is 17.3. The van der Waals surface area contributed by atoms with Crippen LogP contribution in [0, 0.1) is 0 Å². The molecule has 0 aliphatic carbocycles. The third-order valence-electron chi connectivity index (χ3n) is 8.05. The molecule has 6 rings (SSSR count). The fourth-order valence-corrected chi connectivity index (χ4v) is 11.9. The molecule has 380 valence electrons. The minimum Gasteiger partial charge on any atom is -0.387 e. The molecule has 39 nitrogen and oxygen atoms in total. The van der Waals surface area contributed by atoms with E-state index in [1.807, 2.05) is 0 Å². The van der Waals surface area contributed by atoms with Gasteiger partial charge >= 0.3 is 46.9 Å². The average molecular weight is 1090 g/mol. The summed E-state index contributed by atoms with van der Waals surface area (Å²) in [4.78, 5) is 107. The van der Waals surface area contributed by atoms with Crippen molar-refractivity contribution in [2.24, 2.45) is 5.73 Å². The fraction of sp³-hybridized carbons (Fsp3) is 0.545. The second kappa shape index (κ2) is 21.5. The molecule has 0 bridgehead atoms. The molecule has 0 amide bonds. The van der Waals surface area contributed by atoms with Crippen LogP contribution in [0.5, 0.6) is 0 Å². The highest BCUT2D eigenvalue weighted by Crippen LogP contribution is 2.67. The van der Waals surface area contributed by atoms with Crippen LogP contribution in [0.25, 0.3) is 22.3 Å². The number of anilines is 2. The van der Waals surface area contributed by atoms with E-state index in [0.717, 1.165) is 28.8 Å². The highest BCUT2D eigenvalue weighted by molar-refractivity contribution is 7.68. The third-order valence-corrected chi connectivity index (χ3v) is 16.3. The number of imidazole rings is 2. The smallest absolute Gasteiger partial charge is 0.387 e. The SMILES string of the molecule is CN.CNP(=O)(O)OP(=O)(O)OP(=O)(O)OCC1OC(n2cnc3c(=O)[nH]c(N)nc32)C(O)C1O.Nc1nc2c(ncn2C2OC(COP(=O)(O)OP(=O)(O)OP(=O)(O)O)C(O)C2O)c(=O)[nH]1. The number of nitrogens with zero attached hydrogens (tertiary/aromatic N) is 6. The van der Waals surface area contributed by atoms with Crippen LogP contribution >= 0.6 is 46.9 Å². The van der Waals surface area contributed by atoms with E-state index in [9.17, 15) is 72.1 Å². The summed E-state index contributed by atoms with van der Waals surface area (Å²) in [5.74, 6) is -0.539. The van der Waals surface area contributed by atoms with Crippen molar-refractivity contribution in [3.8, 4) is 0 Å². The number of hydrogen-bond donors (Lipinski definition) is 17. The lowest BCUT2D eigenvalue weighted by atomic mass is 10.1.